The Morgan fingerprint density at radius 3 is 2.56 bits per heavy atom. The number of hydrogen-bond donors (Lipinski definition) is 1. The van der Waals surface area contributed by atoms with E-state index in [9.17, 15) is 18.0 Å². The average molecular weight is 562 g/mol. The maximum absolute atomic E-state index is 13.9. The van der Waals surface area contributed by atoms with Crippen LogP contribution in [-0.2, 0) is 12.6 Å². The van der Waals surface area contributed by atoms with Gasteiger partial charge < -0.3 is 15.0 Å². The molecule has 0 spiro atoms. The van der Waals surface area contributed by atoms with Crippen LogP contribution in [0.15, 0.2) is 54.7 Å². The topological polar surface area (TPSA) is 54.5 Å². The van der Waals surface area contributed by atoms with Crippen molar-refractivity contribution in [1.29, 1.82) is 0 Å². The van der Waals surface area contributed by atoms with Crippen LogP contribution in [0.3, 0.4) is 0 Å². The van der Waals surface area contributed by atoms with Crippen molar-refractivity contribution in [3.63, 3.8) is 0 Å². The van der Waals surface area contributed by atoms with E-state index in [1.165, 1.54) is 6.07 Å². The largest absolute Gasteiger partial charge is 0.490 e. The molecule has 0 bridgehead atoms. The molecule has 1 atom stereocenters. The van der Waals surface area contributed by atoms with Gasteiger partial charge in [0.2, 0.25) is 0 Å². The lowest BCUT2D eigenvalue weighted by molar-refractivity contribution is -0.139. The summed E-state index contributed by atoms with van der Waals surface area (Å²) in [6, 6.07) is 13.3. The number of carbonyl (C=O) groups is 1. The first-order valence-electron chi connectivity index (χ1n) is 14.1. The molecule has 2 aliphatic heterocycles. The molecule has 2 aliphatic rings. The summed E-state index contributed by atoms with van der Waals surface area (Å²) in [7, 11) is 1.98. The monoisotopic (exact) mass is 561 g/mol. The predicted molar refractivity (Wildman–Crippen MR) is 152 cm³/mol. The lowest BCUT2D eigenvalue weighted by atomic mass is 9.97. The molecule has 8 heteroatoms. The van der Waals surface area contributed by atoms with E-state index in [0.29, 0.717) is 24.0 Å². The number of nitrogens with zero attached hydrogens (tertiary/aromatic N) is 2. The molecule has 2 fully saturated rings. The fourth-order valence-corrected chi connectivity index (χ4v) is 5.27. The summed E-state index contributed by atoms with van der Waals surface area (Å²) < 4.78 is 47.6. The zero-order chi connectivity index (χ0) is 29.0. The Bertz CT molecular complexity index is 1440. The van der Waals surface area contributed by atoms with Gasteiger partial charge in [-0.3, -0.25) is 9.78 Å². The van der Waals surface area contributed by atoms with E-state index in [0.717, 1.165) is 55.4 Å². The number of ketones is 1. The van der Waals surface area contributed by atoms with Crippen LogP contribution in [0.5, 0.6) is 5.75 Å². The molecule has 0 aliphatic carbocycles. The molecule has 214 valence electrons. The van der Waals surface area contributed by atoms with Crippen molar-refractivity contribution < 1.29 is 22.7 Å². The Morgan fingerprint density at radius 1 is 1.07 bits per heavy atom. The number of hydrogen-bond acceptors (Lipinski definition) is 5. The molecule has 2 aromatic carbocycles. The van der Waals surface area contributed by atoms with Gasteiger partial charge in [-0.15, -0.1) is 0 Å². The molecular weight excluding hydrogens is 527 g/mol. The molecule has 5 rings (SSSR count). The molecule has 2 saturated heterocycles. The number of halogens is 3. The highest BCUT2D eigenvalue weighted by Crippen LogP contribution is 2.38. The van der Waals surface area contributed by atoms with Crippen molar-refractivity contribution in [2.24, 2.45) is 0 Å². The van der Waals surface area contributed by atoms with Crippen molar-refractivity contribution >= 4 is 5.78 Å². The van der Waals surface area contributed by atoms with Crippen LogP contribution < -0.4 is 10.1 Å². The fourth-order valence-electron chi connectivity index (χ4n) is 5.27. The second-order valence-corrected chi connectivity index (χ2v) is 10.9. The molecule has 0 amide bonds. The van der Waals surface area contributed by atoms with Gasteiger partial charge in [-0.05, 0) is 87.7 Å². The van der Waals surface area contributed by atoms with Gasteiger partial charge in [-0.25, -0.2) is 0 Å². The molecule has 1 N–H and O–H groups in total. The van der Waals surface area contributed by atoms with Gasteiger partial charge in [0.05, 0.1) is 11.3 Å². The van der Waals surface area contributed by atoms with E-state index < -0.39 is 11.7 Å². The third kappa shape index (κ3) is 7.35. The van der Waals surface area contributed by atoms with Gasteiger partial charge in [0.15, 0.2) is 5.78 Å². The van der Waals surface area contributed by atoms with E-state index in [1.54, 1.807) is 24.4 Å². The van der Waals surface area contributed by atoms with Crippen molar-refractivity contribution in [3.8, 4) is 17.6 Å². The highest BCUT2D eigenvalue weighted by Gasteiger charge is 2.35. The predicted octanol–water partition coefficient (Wildman–Crippen LogP) is 6.13. The Hall–Kier alpha value is -3.67. The number of rotatable bonds is 6. The van der Waals surface area contributed by atoms with Crippen LogP contribution >= 0.6 is 0 Å². The maximum atomic E-state index is 13.9. The van der Waals surface area contributed by atoms with E-state index in [4.69, 9.17) is 4.74 Å². The summed E-state index contributed by atoms with van der Waals surface area (Å²) in [5.41, 5.74) is 3.21. The Morgan fingerprint density at radius 2 is 1.88 bits per heavy atom. The lowest BCUT2D eigenvalue weighted by Gasteiger charge is -2.30. The fraction of sp³-hybridized carbons (Fsp3) is 0.394. The summed E-state index contributed by atoms with van der Waals surface area (Å²) >= 11 is 0. The normalized spacial score (nSPS) is 18.1. The Labute approximate surface area is 239 Å². The Kier molecular flexibility index (Phi) is 8.77. The van der Waals surface area contributed by atoms with Gasteiger partial charge in [-0.2, -0.15) is 13.2 Å². The molecule has 3 heterocycles. The minimum absolute atomic E-state index is 0.159. The molecule has 1 unspecified atom stereocenters. The van der Waals surface area contributed by atoms with Crippen molar-refractivity contribution in [3.05, 3.63) is 93.8 Å². The van der Waals surface area contributed by atoms with E-state index in [-0.39, 0.29) is 35.7 Å². The third-order valence-corrected chi connectivity index (χ3v) is 7.78. The summed E-state index contributed by atoms with van der Waals surface area (Å²) in [6.45, 7) is 4.47. The average Bonchev–Trinajstić information content (AvgIpc) is 3.49. The second-order valence-electron chi connectivity index (χ2n) is 10.9. The lowest BCUT2D eigenvalue weighted by Crippen LogP contribution is -2.36. The zero-order valence-electron chi connectivity index (χ0n) is 23.4. The molecule has 1 aromatic heterocycles. The minimum atomic E-state index is -4.59. The quantitative estimate of drug-likeness (QED) is 0.290. The standard InChI is InChI=1S/C33H34F3N3O2/c1-22-5-9-26(20-25(22)10-6-23-7-11-30(38-21-23)29-4-3-15-37-29)31(40)19-24-8-12-32(28(18-24)33(34,35)36)41-27-13-16-39(2)17-14-27/h5,7-9,11-12,18,20-21,27,29,37H,3-4,13-17,19H2,1-2H3. The Balaban J connectivity index is 1.29. The second kappa shape index (κ2) is 12.5. The number of aromatic nitrogens is 1. The van der Waals surface area contributed by atoms with E-state index in [1.807, 2.05) is 32.2 Å². The summed E-state index contributed by atoms with van der Waals surface area (Å²) in [5.74, 6) is 5.79. The van der Waals surface area contributed by atoms with Crippen LogP contribution in [0.1, 0.15) is 75.6 Å². The van der Waals surface area contributed by atoms with Crippen molar-refractivity contribution in [2.45, 2.75) is 57.3 Å². The van der Waals surface area contributed by atoms with Gasteiger partial charge in [0.1, 0.15) is 11.9 Å². The van der Waals surface area contributed by atoms with E-state index >= 15 is 0 Å². The number of pyridine rings is 1. The number of nitrogens with one attached hydrogen (secondary N) is 1. The van der Waals surface area contributed by atoms with Gasteiger partial charge in [0, 0.05) is 48.4 Å². The number of likely N-dealkylation sites (tertiary alicyclic amines) is 1. The summed E-state index contributed by atoms with van der Waals surface area (Å²) in [5, 5.41) is 3.43. The smallest absolute Gasteiger partial charge is 0.419 e. The molecule has 0 radical (unpaired) electrons. The third-order valence-electron chi connectivity index (χ3n) is 7.78. The molecular formula is C33H34F3N3O2. The molecule has 5 nitrogen and oxygen atoms in total. The maximum Gasteiger partial charge on any atom is 0.419 e. The first-order valence-corrected chi connectivity index (χ1v) is 14.1. The first kappa shape index (κ1) is 28.8. The van der Waals surface area contributed by atoms with Gasteiger partial charge in [0.25, 0.3) is 0 Å². The van der Waals surface area contributed by atoms with Gasteiger partial charge in [-0.1, -0.05) is 30.0 Å². The summed E-state index contributed by atoms with van der Waals surface area (Å²) in [6.07, 6.45) is 0.311. The van der Waals surface area contributed by atoms with Crippen LogP contribution in [-0.4, -0.2) is 48.5 Å². The highest BCUT2D eigenvalue weighted by atomic mass is 19.4. The number of carbonyl (C=O) groups excluding carboxylic acids is 1. The van der Waals surface area contributed by atoms with Crippen LogP contribution in [0.25, 0.3) is 0 Å². The summed E-state index contributed by atoms with van der Waals surface area (Å²) in [4.78, 5) is 19.8. The number of ether oxygens (including phenoxy) is 1. The van der Waals surface area contributed by atoms with E-state index in [2.05, 4.69) is 27.0 Å². The number of Topliss-reactive ketones (excluding diaryl/α,β-unsaturated/α-hetero) is 1. The highest BCUT2D eigenvalue weighted by molar-refractivity contribution is 5.98. The number of benzene rings is 2. The number of aryl methyl sites for hydroxylation is 1. The van der Waals surface area contributed by atoms with Crippen LogP contribution in [0.4, 0.5) is 13.2 Å². The first-order chi connectivity index (χ1) is 19.7. The SMILES string of the molecule is Cc1ccc(C(=O)Cc2ccc(OC3CCN(C)CC3)c(C(F)(F)F)c2)cc1C#Cc1ccc(C2CCCN2)nc1. The van der Waals surface area contributed by atoms with Gasteiger partial charge >= 0.3 is 6.18 Å². The number of piperidine rings is 1. The molecule has 41 heavy (non-hydrogen) atoms. The molecule has 3 aromatic rings. The van der Waals surface area contributed by atoms with Crippen LogP contribution in [0, 0.1) is 18.8 Å². The molecule has 0 saturated carbocycles. The zero-order valence-corrected chi connectivity index (χ0v) is 23.4. The number of alkyl halides is 3. The van der Waals surface area contributed by atoms with Crippen LogP contribution in [0.2, 0.25) is 0 Å². The minimum Gasteiger partial charge on any atom is -0.490 e. The van der Waals surface area contributed by atoms with Crippen molar-refractivity contribution in [1.82, 2.24) is 15.2 Å². The van der Waals surface area contributed by atoms with Crippen molar-refractivity contribution in [2.75, 3.05) is 26.7 Å².